The zero-order valence-corrected chi connectivity index (χ0v) is 11.5. The molecule has 100 valence electrons. The minimum atomic E-state index is -0.496. The number of likely N-dealkylation sites (tertiary alicyclic amines) is 1. The summed E-state index contributed by atoms with van der Waals surface area (Å²) in [7, 11) is 0. The molecule has 1 amide bonds. The lowest BCUT2D eigenvalue weighted by Crippen LogP contribution is -2.45. The van der Waals surface area contributed by atoms with Crippen LogP contribution >= 0.6 is 0 Å². The maximum Gasteiger partial charge on any atom is 0.411 e. The van der Waals surface area contributed by atoms with Gasteiger partial charge >= 0.3 is 6.09 Å². The van der Waals surface area contributed by atoms with Gasteiger partial charge in [-0.3, -0.25) is 4.90 Å². The molecule has 0 aromatic rings. The summed E-state index contributed by atoms with van der Waals surface area (Å²) in [5.41, 5.74) is -0.496. The summed E-state index contributed by atoms with van der Waals surface area (Å²) in [4.78, 5) is 13.9. The molecule has 2 rings (SSSR count). The van der Waals surface area contributed by atoms with Crippen molar-refractivity contribution in [1.29, 1.82) is 5.26 Å². The predicted octanol–water partition coefficient (Wildman–Crippen LogP) is 3.08. The molecule has 0 aromatic heterocycles. The topological polar surface area (TPSA) is 53.3 Å². The zero-order chi connectivity index (χ0) is 13.3. The Bertz CT molecular complexity index is 367. The molecule has 1 aliphatic heterocycles. The van der Waals surface area contributed by atoms with Gasteiger partial charge in [0.15, 0.2) is 0 Å². The Kier molecular flexibility index (Phi) is 3.52. The minimum absolute atomic E-state index is 0.221. The smallest absolute Gasteiger partial charge is 0.411 e. The monoisotopic (exact) mass is 250 g/mol. The van der Waals surface area contributed by atoms with E-state index in [0.29, 0.717) is 5.92 Å². The van der Waals surface area contributed by atoms with Gasteiger partial charge in [-0.05, 0) is 46.0 Å². The summed E-state index contributed by atoms with van der Waals surface area (Å²) < 4.78 is 5.44. The van der Waals surface area contributed by atoms with Crippen LogP contribution in [0.2, 0.25) is 0 Å². The zero-order valence-electron chi connectivity index (χ0n) is 11.5. The van der Waals surface area contributed by atoms with Crippen molar-refractivity contribution >= 4 is 6.09 Å². The number of amides is 1. The average molecular weight is 250 g/mol. The summed E-state index contributed by atoms with van der Waals surface area (Å²) in [6.07, 6.45) is 5.04. The van der Waals surface area contributed by atoms with Gasteiger partial charge in [-0.25, -0.2) is 4.79 Å². The number of hydrogen-bond donors (Lipinski definition) is 0. The van der Waals surface area contributed by atoms with Crippen LogP contribution in [0.4, 0.5) is 4.79 Å². The minimum Gasteiger partial charge on any atom is -0.444 e. The maximum absolute atomic E-state index is 12.2. The number of carbonyl (C=O) groups excluding carboxylic acids is 1. The van der Waals surface area contributed by atoms with Gasteiger partial charge in [-0.15, -0.1) is 0 Å². The molecule has 3 atom stereocenters. The predicted molar refractivity (Wildman–Crippen MR) is 67.8 cm³/mol. The van der Waals surface area contributed by atoms with E-state index in [-0.39, 0.29) is 18.2 Å². The number of hydrogen-bond acceptors (Lipinski definition) is 3. The van der Waals surface area contributed by atoms with E-state index in [4.69, 9.17) is 4.74 Å². The quantitative estimate of drug-likeness (QED) is 0.664. The van der Waals surface area contributed by atoms with Gasteiger partial charge in [0, 0.05) is 6.04 Å². The van der Waals surface area contributed by atoms with Crippen molar-refractivity contribution in [2.45, 2.75) is 70.6 Å². The highest BCUT2D eigenvalue weighted by molar-refractivity contribution is 5.70. The molecule has 2 aliphatic rings. The van der Waals surface area contributed by atoms with E-state index in [1.807, 2.05) is 20.8 Å². The summed E-state index contributed by atoms with van der Waals surface area (Å²) in [6, 6.07) is 2.18. The lowest BCUT2D eigenvalue weighted by Gasteiger charge is -2.33. The first-order valence-corrected chi connectivity index (χ1v) is 6.83. The van der Waals surface area contributed by atoms with Crippen molar-refractivity contribution < 1.29 is 9.53 Å². The standard InChI is InChI=1S/C14H22N2O2/c1-14(2,3)18-13(17)16-11(9-15)8-10-6-4-5-7-12(10)16/h10-12H,4-8H2,1-3H3. The molecule has 0 radical (unpaired) electrons. The van der Waals surface area contributed by atoms with E-state index in [2.05, 4.69) is 6.07 Å². The third-order valence-corrected chi connectivity index (χ3v) is 3.84. The van der Waals surface area contributed by atoms with Crippen molar-refractivity contribution in [3.05, 3.63) is 0 Å². The molecule has 0 bridgehead atoms. The average Bonchev–Trinajstić information content (AvgIpc) is 2.64. The second-order valence-electron chi connectivity index (χ2n) is 6.38. The first kappa shape index (κ1) is 13.2. The number of fused-ring (bicyclic) bond motifs is 1. The van der Waals surface area contributed by atoms with Gasteiger partial charge in [0.25, 0.3) is 0 Å². The molecule has 4 nitrogen and oxygen atoms in total. The fraction of sp³-hybridized carbons (Fsp3) is 0.857. The molecule has 4 heteroatoms. The molecule has 0 spiro atoms. The van der Waals surface area contributed by atoms with Gasteiger partial charge in [-0.2, -0.15) is 5.26 Å². The van der Waals surface area contributed by atoms with Crippen molar-refractivity contribution in [3.63, 3.8) is 0 Å². The highest BCUT2D eigenvalue weighted by Gasteiger charge is 2.46. The Morgan fingerprint density at radius 1 is 1.33 bits per heavy atom. The van der Waals surface area contributed by atoms with Crippen molar-refractivity contribution in [2.24, 2.45) is 5.92 Å². The maximum atomic E-state index is 12.2. The fourth-order valence-corrected chi connectivity index (χ4v) is 3.15. The van der Waals surface area contributed by atoms with E-state index >= 15 is 0 Å². The van der Waals surface area contributed by atoms with Crippen LogP contribution in [-0.2, 0) is 4.74 Å². The van der Waals surface area contributed by atoms with E-state index in [1.165, 1.54) is 6.42 Å². The summed E-state index contributed by atoms with van der Waals surface area (Å²) in [6.45, 7) is 5.59. The summed E-state index contributed by atoms with van der Waals surface area (Å²) >= 11 is 0. The highest BCUT2D eigenvalue weighted by Crippen LogP contribution is 2.40. The molecule has 1 aliphatic carbocycles. The van der Waals surface area contributed by atoms with Crippen LogP contribution in [0.1, 0.15) is 52.9 Å². The number of ether oxygens (including phenoxy) is 1. The van der Waals surface area contributed by atoms with Gasteiger partial charge in [-0.1, -0.05) is 12.8 Å². The largest absolute Gasteiger partial charge is 0.444 e. The molecule has 3 unspecified atom stereocenters. The normalized spacial score (nSPS) is 31.7. The highest BCUT2D eigenvalue weighted by atomic mass is 16.6. The molecular weight excluding hydrogens is 228 g/mol. The number of carbonyl (C=O) groups is 1. The van der Waals surface area contributed by atoms with E-state index < -0.39 is 5.60 Å². The Morgan fingerprint density at radius 3 is 2.61 bits per heavy atom. The van der Waals surface area contributed by atoms with Gasteiger partial charge in [0.1, 0.15) is 11.6 Å². The molecule has 1 saturated carbocycles. The number of rotatable bonds is 0. The van der Waals surface area contributed by atoms with Gasteiger partial charge in [0.2, 0.25) is 0 Å². The Balaban J connectivity index is 2.13. The lowest BCUT2D eigenvalue weighted by molar-refractivity contribution is 0.0142. The van der Waals surface area contributed by atoms with Crippen LogP contribution in [-0.4, -0.2) is 28.7 Å². The van der Waals surface area contributed by atoms with E-state index in [0.717, 1.165) is 25.7 Å². The Labute approximate surface area is 109 Å². The van der Waals surface area contributed by atoms with Gasteiger partial charge in [0.05, 0.1) is 6.07 Å². The molecular formula is C14H22N2O2. The van der Waals surface area contributed by atoms with Crippen molar-refractivity contribution in [3.8, 4) is 6.07 Å². The third kappa shape index (κ3) is 2.60. The Morgan fingerprint density at radius 2 is 2.00 bits per heavy atom. The molecule has 0 aromatic carbocycles. The molecule has 2 fully saturated rings. The summed E-state index contributed by atoms with van der Waals surface area (Å²) in [5, 5.41) is 9.23. The fourth-order valence-electron chi connectivity index (χ4n) is 3.15. The van der Waals surface area contributed by atoms with Crippen LogP contribution in [0.5, 0.6) is 0 Å². The second kappa shape index (κ2) is 4.79. The van der Waals surface area contributed by atoms with E-state index in [9.17, 15) is 10.1 Å². The second-order valence-corrected chi connectivity index (χ2v) is 6.38. The summed E-state index contributed by atoms with van der Waals surface area (Å²) in [5.74, 6) is 0.496. The van der Waals surface area contributed by atoms with Crippen molar-refractivity contribution in [1.82, 2.24) is 4.90 Å². The molecule has 0 N–H and O–H groups in total. The molecule has 1 heterocycles. The van der Waals surface area contributed by atoms with Crippen LogP contribution < -0.4 is 0 Å². The Hall–Kier alpha value is -1.24. The number of nitriles is 1. The first-order valence-electron chi connectivity index (χ1n) is 6.83. The third-order valence-electron chi connectivity index (χ3n) is 3.84. The van der Waals surface area contributed by atoms with Gasteiger partial charge < -0.3 is 4.74 Å². The van der Waals surface area contributed by atoms with Crippen LogP contribution in [0.25, 0.3) is 0 Å². The SMILES string of the molecule is CC(C)(C)OC(=O)N1C(C#N)CC2CCCCC21. The van der Waals surface area contributed by atoms with E-state index in [1.54, 1.807) is 4.90 Å². The lowest BCUT2D eigenvalue weighted by atomic mass is 9.85. The molecule has 1 saturated heterocycles. The molecule has 18 heavy (non-hydrogen) atoms. The van der Waals surface area contributed by atoms with Crippen LogP contribution in [0, 0.1) is 17.2 Å². The van der Waals surface area contributed by atoms with Crippen LogP contribution in [0.3, 0.4) is 0 Å². The van der Waals surface area contributed by atoms with Crippen LogP contribution in [0.15, 0.2) is 0 Å². The number of nitrogens with zero attached hydrogens (tertiary/aromatic N) is 2. The first-order chi connectivity index (χ1) is 8.42. The van der Waals surface area contributed by atoms with Crippen molar-refractivity contribution in [2.75, 3.05) is 0 Å².